The summed E-state index contributed by atoms with van der Waals surface area (Å²) < 4.78 is 19.2. The van der Waals surface area contributed by atoms with E-state index < -0.39 is 17.6 Å². The second kappa shape index (κ2) is 6.67. The Bertz CT molecular complexity index is 542. The summed E-state index contributed by atoms with van der Waals surface area (Å²) in [6.07, 6.45) is 1.82. The van der Waals surface area contributed by atoms with E-state index in [-0.39, 0.29) is 11.8 Å². The van der Waals surface area contributed by atoms with Crippen molar-refractivity contribution in [3.63, 3.8) is 0 Å². The molecule has 1 aromatic carbocycles. The van der Waals surface area contributed by atoms with Crippen molar-refractivity contribution in [2.75, 3.05) is 25.5 Å². The number of hydrogen-bond acceptors (Lipinski definition) is 3. The van der Waals surface area contributed by atoms with Crippen LogP contribution in [0.1, 0.15) is 18.4 Å². The highest BCUT2D eigenvalue weighted by Gasteiger charge is 2.24. The number of hydrogen-bond donors (Lipinski definition) is 1. The highest BCUT2D eigenvalue weighted by Crippen LogP contribution is 2.17. The summed E-state index contributed by atoms with van der Waals surface area (Å²) in [7, 11) is 1.54. The molecule has 1 heterocycles. The van der Waals surface area contributed by atoms with Gasteiger partial charge in [0, 0.05) is 20.2 Å². The lowest BCUT2D eigenvalue weighted by molar-refractivity contribution is -0.143. The van der Waals surface area contributed by atoms with Crippen molar-refractivity contribution in [3.05, 3.63) is 29.6 Å². The van der Waals surface area contributed by atoms with E-state index in [4.69, 9.17) is 4.74 Å². The van der Waals surface area contributed by atoms with E-state index in [0.717, 1.165) is 12.8 Å². The minimum Gasteiger partial charge on any atom is -0.376 e. The van der Waals surface area contributed by atoms with Gasteiger partial charge in [0.15, 0.2) is 0 Å². The minimum absolute atomic E-state index is 0.0128. The molecule has 0 saturated carbocycles. The van der Waals surface area contributed by atoms with Gasteiger partial charge >= 0.3 is 11.8 Å². The van der Waals surface area contributed by atoms with Crippen molar-refractivity contribution < 1.29 is 18.7 Å². The van der Waals surface area contributed by atoms with Crippen molar-refractivity contribution in [3.8, 4) is 0 Å². The maximum absolute atomic E-state index is 13.8. The number of carbonyl (C=O) groups excluding carboxylic acids is 2. The molecule has 114 valence electrons. The summed E-state index contributed by atoms with van der Waals surface area (Å²) in [6.45, 7) is 2.65. The van der Waals surface area contributed by atoms with Crippen molar-refractivity contribution in [2.45, 2.75) is 25.9 Å². The summed E-state index contributed by atoms with van der Waals surface area (Å²) in [5.41, 5.74) is 0.423. The van der Waals surface area contributed by atoms with Crippen LogP contribution in [0.25, 0.3) is 0 Å². The third-order valence-electron chi connectivity index (χ3n) is 3.48. The Morgan fingerprint density at radius 3 is 2.90 bits per heavy atom. The van der Waals surface area contributed by atoms with Gasteiger partial charge in [-0.05, 0) is 31.4 Å². The summed E-state index contributed by atoms with van der Waals surface area (Å²) >= 11 is 0. The summed E-state index contributed by atoms with van der Waals surface area (Å²) in [5.74, 6) is -2.08. The van der Waals surface area contributed by atoms with Gasteiger partial charge in [-0.1, -0.05) is 12.1 Å². The number of amides is 2. The predicted octanol–water partition coefficient (Wildman–Crippen LogP) is 1.71. The van der Waals surface area contributed by atoms with Gasteiger partial charge < -0.3 is 15.0 Å². The maximum atomic E-state index is 13.8. The van der Waals surface area contributed by atoms with Gasteiger partial charge in [-0.25, -0.2) is 4.39 Å². The zero-order chi connectivity index (χ0) is 15.4. The largest absolute Gasteiger partial charge is 0.376 e. The second-order valence-corrected chi connectivity index (χ2v) is 5.21. The average molecular weight is 294 g/mol. The van der Waals surface area contributed by atoms with Crippen LogP contribution in [0.5, 0.6) is 0 Å². The van der Waals surface area contributed by atoms with E-state index in [1.807, 2.05) is 0 Å². The second-order valence-electron chi connectivity index (χ2n) is 5.21. The molecule has 0 radical (unpaired) electrons. The van der Waals surface area contributed by atoms with E-state index in [9.17, 15) is 14.0 Å². The number of nitrogens with zero attached hydrogens (tertiary/aromatic N) is 1. The number of ether oxygens (including phenoxy) is 1. The van der Waals surface area contributed by atoms with E-state index in [2.05, 4.69) is 5.32 Å². The molecule has 0 unspecified atom stereocenters. The first-order valence-electron chi connectivity index (χ1n) is 6.92. The van der Waals surface area contributed by atoms with Gasteiger partial charge in [-0.3, -0.25) is 9.59 Å². The van der Waals surface area contributed by atoms with Gasteiger partial charge in [0.1, 0.15) is 5.82 Å². The molecule has 0 aliphatic carbocycles. The number of likely N-dealkylation sites (N-methyl/N-ethyl adjacent to an activating group) is 1. The molecule has 5 nitrogen and oxygen atoms in total. The Kier molecular flexibility index (Phi) is 4.90. The Balaban J connectivity index is 1.95. The van der Waals surface area contributed by atoms with E-state index in [1.165, 1.54) is 18.0 Å². The van der Waals surface area contributed by atoms with Crippen LogP contribution < -0.4 is 5.32 Å². The Hall–Kier alpha value is -1.95. The Labute approximate surface area is 123 Å². The topological polar surface area (TPSA) is 58.6 Å². The van der Waals surface area contributed by atoms with Crippen LogP contribution >= 0.6 is 0 Å². The number of halogens is 1. The first-order chi connectivity index (χ1) is 9.99. The first-order valence-corrected chi connectivity index (χ1v) is 6.92. The molecular weight excluding hydrogens is 275 g/mol. The predicted molar refractivity (Wildman–Crippen MR) is 76.4 cm³/mol. The zero-order valence-electron chi connectivity index (χ0n) is 12.2. The van der Waals surface area contributed by atoms with Crippen molar-refractivity contribution in [1.82, 2.24) is 4.90 Å². The fourth-order valence-corrected chi connectivity index (χ4v) is 2.27. The number of anilines is 1. The molecule has 0 spiro atoms. The van der Waals surface area contributed by atoms with Gasteiger partial charge in [-0.15, -0.1) is 0 Å². The molecule has 1 aliphatic heterocycles. The molecule has 0 bridgehead atoms. The highest BCUT2D eigenvalue weighted by molar-refractivity contribution is 6.39. The van der Waals surface area contributed by atoms with Crippen molar-refractivity contribution >= 4 is 17.5 Å². The molecule has 2 rings (SSSR count). The fraction of sp³-hybridized carbons (Fsp3) is 0.467. The molecule has 6 heteroatoms. The standard InChI is InChI=1S/C15H19FN2O3/c1-10-5-3-7-12(13(10)16)17-14(19)15(20)18(2)9-11-6-4-8-21-11/h3,5,7,11H,4,6,8-9H2,1-2H3,(H,17,19)/t11-/m1/s1. The van der Waals surface area contributed by atoms with Crippen LogP contribution in [0.3, 0.4) is 0 Å². The SMILES string of the molecule is Cc1cccc(NC(=O)C(=O)N(C)C[C@H]2CCCO2)c1F. The summed E-state index contributed by atoms with van der Waals surface area (Å²) in [6, 6.07) is 4.64. The number of benzene rings is 1. The number of nitrogens with one attached hydrogen (secondary N) is 1. The average Bonchev–Trinajstić information content (AvgIpc) is 2.95. The first kappa shape index (κ1) is 15.4. The molecule has 1 aromatic rings. The molecule has 2 amide bonds. The molecule has 1 aliphatic rings. The summed E-state index contributed by atoms with van der Waals surface area (Å²) in [5, 5.41) is 2.31. The third-order valence-corrected chi connectivity index (χ3v) is 3.48. The molecule has 1 atom stereocenters. The normalized spacial score (nSPS) is 17.6. The van der Waals surface area contributed by atoms with Crippen LogP contribution in [0.2, 0.25) is 0 Å². The molecule has 0 aromatic heterocycles. The molecule has 21 heavy (non-hydrogen) atoms. The van der Waals surface area contributed by atoms with Crippen LogP contribution in [0.15, 0.2) is 18.2 Å². The van der Waals surface area contributed by atoms with Crippen molar-refractivity contribution in [1.29, 1.82) is 0 Å². The van der Waals surface area contributed by atoms with Gasteiger partial charge in [-0.2, -0.15) is 0 Å². The number of aryl methyl sites for hydroxylation is 1. The van der Waals surface area contributed by atoms with Crippen LogP contribution in [-0.4, -0.2) is 43.0 Å². The quantitative estimate of drug-likeness (QED) is 0.863. The monoisotopic (exact) mass is 294 g/mol. The van der Waals surface area contributed by atoms with E-state index >= 15 is 0 Å². The third kappa shape index (κ3) is 3.78. The Morgan fingerprint density at radius 1 is 1.48 bits per heavy atom. The molecule has 1 saturated heterocycles. The molecule has 1 fully saturated rings. The van der Waals surface area contributed by atoms with E-state index in [0.29, 0.717) is 18.7 Å². The van der Waals surface area contributed by atoms with Gasteiger partial charge in [0.2, 0.25) is 0 Å². The lowest BCUT2D eigenvalue weighted by Gasteiger charge is -2.20. The lowest BCUT2D eigenvalue weighted by atomic mass is 10.2. The highest BCUT2D eigenvalue weighted by atomic mass is 19.1. The molecule has 1 N–H and O–H groups in total. The number of carbonyl (C=O) groups is 2. The van der Waals surface area contributed by atoms with Crippen LogP contribution in [-0.2, 0) is 14.3 Å². The van der Waals surface area contributed by atoms with Gasteiger partial charge in [0.05, 0.1) is 11.8 Å². The summed E-state index contributed by atoms with van der Waals surface area (Å²) in [4.78, 5) is 25.2. The lowest BCUT2D eigenvalue weighted by Crippen LogP contribution is -2.41. The van der Waals surface area contributed by atoms with Crippen LogP contribution in [0, 0.1) is 12.7 Å². The smallest absolute Gasteiger partial charge is 0.313 e. The van der Waals surface area contributed by atoms with Gasteiger partial charge in [0.25, 0.3) is 0 Å². The number of rotatable bonds is 3. The van der Waals surface area contributed by atoms with E-state index in [1.54, 1.807) is 19.1 Å². The maximum Gasteiger partial charge on any atom is 0.313 e. The fourth-order valence-electron chi connectivity index (χ4n) is 2.27. The Morgan fingerprint density at radius 2 is 2.24 bits per heavy atom. The van der Waals surface area contributed by atoms with Crippen molar-refractivity contribution in [2.24, 2.45) is 0 Å². The minimum atomic E-state index is -0.847. The zero-order valence-corrected chi connectivity index (χ0v) is 12.2. The van der Waals surface area contributed by atoms with Crippen LogP contribution in [0.4, 0.5) is 10.1 Å². The molecular formula is C15H19FN2O3.